The van der Waals surface area contributed by atoms with Crippen molar-refractivity contribution >= 4 is 11.8 Å². The summed E-state index contributed by atoms with van der Waals surface area (Å²) in [6, 6.07) is 5.01. The van der Waals surface area contributed by atoms with Gasteiger partial charge in [0.1, 0.15) is 5.75 Å². The maximum atomic E-state index is 12.2. The van der Waals surface area contributed by atoms with E-state index in [1.807, 2.05) is 31.3 Å². The molecule has 0 saturated carbocycles. The number of ether oxygens (including phenoxy) is 1. The van der Waals surface area contributed by atoms with Crippen molar-refractivity contribution in [3.8, 4) is 5.75 Å². The van der Waals surface area contributed by atoms with E-state index in [1.54, 1.807) is 11.0 Å². The first kappa shape index (κ1) is 19.1. The van der Waals surface area contributed by atoms with Crippen molar-refractivity contribution < 1.29 is 27.5 Å². The van der Waals surface area contributed by atoms with E-state index in [4.69, 9.17) is 4.74 Å². The second-order valence-electron chi connectivity index (χ2n) is 6.11. The van der Waals surface area contributed by atoms with Gasteiger partial charge >= 0.3 is 12.1 Å². The summed E-state index contributed by atoms with van der Waals surface area (Å²) in [4.78, 5) is 24.7. The van der Waals surface area contributed by atoms with Crippen LogP contribution in [0.1, 0.15) is 24.0 Å². The minimum Gasteiger partial charge on any atom is -0.483 e. The summed E-state index contributed by atoms with van der Waals surface area (Å²) in [5.41, 5.74) is 2.02. The Bertz CT molecular complexity index is 639. The van der Waals surface area contributed by atoms with Crippen molar-refractivity contribution in [2.75, 3.05) is 19.7 Å². The zero-order valence-electron chi connectivity index (χ0n) is 14.2. The fraction of sp³-hybridized carbons (Fsp3) is 0.529. The Morgan fingerprint density at radius 1 is 1.24 bits per heavy atom. The van der Waals surface area contributed by atoms with Crippen LogP contribution in [0, 0.1) is 13.8 Å². The summed E-state index contributed by atoms with van der Waals surface area (Å²) >= 11 is 0. The number of carbonyl (C=O) groups excluding carboxylic acids is 2. The van der Waals surface area contributed by atoms with Gasteiger partial charge in [-0.05, 0) is 43.9 Å². The third-order valence-electron chi connectivity index (χ3n) is 4.35. The molecule has 0 aromatic heterocycles. The molecule has 1 aromatic rings. The second-order valence-corrected chi connectivity index (χ2v) is 6.11. The van der Waals surface area contributed by atoms with Crippen molar-refractivity contribution in [2.24, 2.45) is 0 Å². The number of halogens is 3. The molecule has 0 radical (unpaired) electrons. The van der Waals surface area contributed by atoms with Crippen molar-refractivity contribution in [2.45, 2.75) is 38.9 Å². The minimum absolute atomic E-state index is 0.121. The highest BCUT2D eigenvalue weighted by Gasteiger charge is 2.40. The van der Waals surface area contributed by atoms with E-state index in [0.29, 0.717) is 5.75 Å². The third-order valence-corrected chi connectivity index (χ3v) is 4.35. The van der Waals surface area contributed by atoms with Gasteiger partial charge in [0.05, 0.1) is 0 Å². The average molecular weight is 358 g/mol. The van der Waals surface area contributed by atoms with Gasteiger partial charge in [-0.2, -0.15) is 13.2 Å². The maximum absolute atomic E-state index is 12.2. The molecule has 1 fully saturated rings. The van der Waals surface area contributed by atoms with E-state index < -0.39 is 18.1 Å². The van der Waals surface area contributed by atoms with E-state index in [0.717, 1.165) is 11.1 Å². The Morgan fingerprint density at radius 3 is 2.48 bits per heavy atom. The van der Waals surface area contributed by atoms with Crippen LogP contribution < -0.4 is 10.1 Å². The smallest absolute Gasteiger partial charge is 0.471 e. The predicted molar refractivity (Wildman–Crippen MR) is 85.2 cm³/mol. The Hall–Kier alpha value is -2.25. The predicted octanol–water partition coefficient (Wildman–Crippen LogP) is 2.35. The van der Waals surface area contributed by atoms with Gasteiger partial charge in [0, 0.05) is 19.1 Å². The Kier molecular flexibility index (Phi) is 5.92. The van der Waals surface area contributed by atoms with E-state index in [1.165, 1.54) is 0 Å². The first-order chi connectivity index (χ1) is 11.7. The minimum atomic E-state index is -4.88. The van der Waals surface area contributed by atoms with Crippen LogP contribution in [0.25, 0.3) is 0 Å². The van der Waals surface area contributed by atoms with E-state index in [2.05, 4.69) is 0 Å². The molecule has 0 bridgehead atoms. The number of benzene rings is 1. The summed E-state index contributed by atoms with van der Waals surface area (Å²) in [7, 11) is 0. The van der Waals surface area contributed by atoms with Gasteiger partial charge in [-0.15, -0.1) is 0 Å². The molecular weight excluding hydrogens is 337 g/mol. The van der Waals surface area contributed by atoms with Crippen LogP contribution >= 0.6 is 0 Å². The molecule has 0 unspecified atom stereocenters. The summed E-state index contributed by atoms with van der Waals surface area (Å²) < 4.78 is 42.3. The van der Waals surface area contributed by atoms with Crippen molar-refractivity contribution in [1.82, 2.24) is 10.2 Å². The molecule has 25 heavy (non-hydrogen) atoms. The van der Waals surface area contributed by atoms with Crippen LogP contribution in [0.4, 0.5) is 13.2 Å². The van der Waals surface area contributed by atoms with Crippen LogP contribution in [0.15, 0.2) is 18.2 Å². The van der Waals surface area contributed by atoms with Crippen LogP contribution in [0.2, 0.25) is 0 Å². The molecule has 0 atom stereocenters. The number of aryl methyl sites for hydroxylation is 1. The molecule has 2 amide bonds. The number of alkyl halides is 3. The number of amides is 2. The van der Waals surface area contributed by atoms with E-state index >= 15 is 0 Å². The third kappa shape index (κ3) is 5.11. The Morgan fingerprint density at radius 2 is 1.88 bits per heavy atom. The molecular formula is C17H21F3N2O3. The molecule has 2 rings (SSSR count). The number of hydrogen-bond acceptors (Lipinski definition) is 3. The average Bonchev–Trinajstić information content (AvgIpc) is 2.55. The highest BCUT2D eigenvalue weighted by atomic mass is 19.4. The van der Waals surface area contributed by atoms with Gasteiger partial charge in [0.2, 0.25) is 0 Å². The largest absolute Gasteiger partial charge is 0.483 e. The van der Waals surface area contributed by atoms with Crippen LogP contribution in [0.5, 0.6) is 5.75 Å². The highest BCUT2D eigenvalue weighted by molar-refractivity contribution is 5.82. The number of nitrogens with one attached hydrogen (secondary N) is 1. The number of hydrogen-bond donors (Lipinski definition) is 1. The zero-order chi connectivity index (χ0) is 18.6. The van der Waals surface area contributed by atoms with Gasteiger partial charge in [-0.1, -0.05) is 12.1 Å². The van der Waals surface area contributed by atoms with Crippen molar-refractivity contribution in [3.63, 3.8) is 0 Å². The highest BCUT2D eigenvalue weighted by Crippen LogP contribution is 2.21. The van der Waals surface area contributed by atoms with Crippen molar-refractivity contribution in [3.05, 3.63) is 29.3 Å². The lowest BCUT2D eigenvalue weighted by molar-refractivity contribution is -0.174. The van der Waals surface area contributed by atoms with E-state index in [-0.39, 0.29) is 38.4 Å². The molecule has 5 nitrogen and oxygen atoms in total. The normalized spacial score (nSPS) is 15.8. The van der Waals surface area contributed by atoms with Crippen LogP contribution in [-0.2, 0) is 9.59 Å². The molecule has 1 aliphatic rings. The summed E-state index contributed by atoms with van der Waals surface area (Å²) in [5, 5.41) is 1.96. The molecule has 1 N–H and O–H groups in total. The zero-order valence-corrected chi connectivity index (χ0v) is 14.2. The lowest BCUT2D eigenvalue weighted by atomic mass is 10.0. The topological polar surface area (TPSA) is 58.6 Å². The molecule has 138 valence electrons. The lowest BCUT2D eigenvalue weighted by Crippen LogP contribution is -2.50. The molecule has 1 saturated heterocycles. The lowest BCUT2D eigenvalue weighted by Gasteiger charge is -2.32. The fourth-order valence-electron chi connectivity index (χ4n) is 2.65. The van der Waals surface area contributed by atoms with Gasteiger partial charge in [-0.3, -0.25) is 9.59 Å². The van der Waals surface area contributed by atoms with Gasteiger partial charge in [0.25, 0.3) is 5.91 Å². The maximum Gasteiger partial charge on any atom is 0.471 e. The van der Waals surface area contributed by atoms with E-state index in [9.17, 15) is 22.8 Å². The van der Waals surface area contributed by atoms with Crippen LogP contribution in [0.3, 0.4) is 0 Å². The molecule has 1 heterocycles. The monoisotopic (exact) mass is 358 g/mol. The summed E-state index contributed by atoms with van der Waals surface area (Å²) in [6.45, 7) is 4.31. The number of nitrogens with zero attached hydrogens (tertiary/aromatic N) is 1. The Labute approximate surface area is 144 Å². The molecule has 8 heteroatoms. The van der Waals surface area contributed by atoms with Gasteiger partial charge in [-0.25, -0.2) is 0 Å². The first-order valence-electron chi connectivity index (χ1n) is 8.03. The fourth-order valence-corrected chi connectivity index (χ4v) is 2.65. The van der Waals surface area contributed by atoms with Crippen LogP contribution in [-0.4, -0.2) is 48.6 Å². The van der Waals surface area contributed by atoms with Gasteiger partial charge < -0.3 is 15.0 Å². The van der Waals surface area contributed by atoms with Gasteiger partial charge in [0.15, 0.2) is 6.61 Å². The standard InChI is InChI=1S/C17H21F3N2O3/c1-11-4-3-5-14(12(11)2)25-10-15(23)22-8-6-13(7-9-22)21-16(24)17(18,19)20/h3-5,13H,6-10H2,1-2H3,(H,21,24). The molecule has 0 aliphatic carbocycles. The molecule has 1 aromatic carbocycles. The molecule has 0 spiro atoms. The molecule has 1 aliphatic heterocycles. The second kappa shape index (κ2) is 7.76. The van der Waals surface area contributed by atoms with Crippen molar-refractivity contribution in [1.29, 1.82) is 0 Å². The SMILES string of the molecule is Cc1cccc(OCC(=O)N2CCC(NC(=O)C(F)(F)F)CC2)c1C. The Balaban J connectivity index is 1.79. The first-order valence-corrected chi connectivity index (χ1v) is 8.03. The number of piperidine rings is 1. The number of carbonyl (C=O) groups is 2. The summed E-state index contributed by atoms with van der Waals surface area (Å²) in [6.07, 6.45) is -4.31. The number of rotatable bonds is 4. The number of likely N-dealkylation sites (tertiary alicyclic amines) is 1. The quantitative estimate of drug-likeness (QED) is 0.899. The summed E-state index contributed by atoms with van der Waals surface area (Å²) in [5.74, 6) is -1.52.